The average Bonchev–Trinajstić information content (AvgIpc) is 2.41. The predicted octanol–water partition coefficient (Wildman–Crippen LogP) is 4.93. The molecule has 0 fully saturated rings. The lowest BCUT2D eigenvalue weighted by molar-refractivity contribution is 0.0993. The molecule has 0 aromatic heterocycles. The van der Waals surface area contributed by atoms with Crippen molar-refractivity contribution < 1.29 is 9.53 Å². The summed E-state index contributed by atoms with van der Waals surface area (Å²) in [5.74, 6) is 0.794. The molecule has 2 rings (SSSR count). The molecule has 2 aromatic rings. The molecule has 0 radical (unpaired) electrons. The summed E-state index contributed by atoms with van der Waals surface area (Å²) in [5.41, 5.74) is 1.56. The van der Waals surface area contributed by atoms with Gasteiger partial charge in [0.1, 0.15) is 5.75 Å². The molecule has 0 unspecified atom stereocenters. The second kappa shape index (κ2) is 6.91. The van der Waals surface area contributed by atoms with E-state index >= 15 is 0 Å². The van der Waals surface area contributed by atoms with E-state index in [2.05, 4.69) is 15.9 Å². The largest absolute Gasteiger partial charge is 0.493 e. The molecule has 0 spiro atoms. The molecule has 0 N–H and O–H groups in total. The van der Waals surface area contributed by atoms with Crippen LogP contribution >= 0.6 is 27.5 Å². The Morgan fingerprint density at radius 2 is 2.05 bits per heavy atom. The van der Waals surface area contributed by atoms with E-state index in [-0.39, 0.29) is 5.78 Å². The third-order valence-electron chi connectivity index (χ3n) is 2.81. The minimum absolute atomic E-state index is 0.0519. The molecule has 0 aliphatic rings. The molecule has 4 heteroatoms. The number of ketones is 1. The number of Topliss-reactive ketones (excluding diaryl/α,β-unsaturated/α-hetero) is 1. The Morgan fingerprint density at radius 3 is 2.70 bits per heavy atom. The summed E-state index contributed by atoms with van der Waals surface area (Å²) in [6, 6.07) is 12.7. The lowest BCUT2D eigenvalue weighted by atomic mass is 10.0. The number of halogens is 2. The standard InChI is InChI=1S/C16H14BrClO2/c1-2-20-16-7-6-12(10-14(16)17)15(19)9-11-4-3-5-13(18)8-11/h3-8,10H,2,9H2,1H3. The van der Waals surface area contributed by atoms with Crippen LogP contribution in [-0.2, 0) is 6.42 Å². The summed E-state index contributed by atoms with van der Waals surface area (Å²) < 4.78 is 6.22. The lowest BCUT2D eigenvalue weighted by Gasteiger charge is -2.08. The molecule has 0 amide bonds. The number of rotatable bonds is 5. The van der Waals surface area contributed by atoms with Gasteiger partial charge in [-0.2, -0.15) is 0 Å². The van der Waals surface area contributed by atoms with E-state index in [1.54, 1.807) is 24.3 Å². The van der Waals surface area contributed by atoms with Gasteiger partial charge in [0, 0.05) is 17.0 Å². The number of ether oxygens (including phenoxy) is 1. The first kappa shape index (κ1) is 15.1. The summed E-state index contributed by atoms with van der Waals surface area (Å²) in [7, 11) is 0. The highest BCUT2D eigenvalue weighted by Crippen LogP contribution is 2.26. The SMILES string of the molecule is CCOc1ccc(C(=O)Cc2cccc(Cl)c2)cc1Br. The van der Waals surface area contributed by atoms with Crippen molar-refractivity contribution in [3.8, 4) is 5.75 Å². The van der Waals surface area contributed by atoms with Crippen molar-refractivity contribution in [2.75, 3.05) is 6.61 Å². The van der Waals surface area contributed by atoms with Crippen LogP contribution in [0.2, 0.25) is 5.02 Å². The third kappa shape index (κ3) is 3.84. The molecule has 0 saturated heterocycles. The second-order valence-corrected chi connectivity index (χ2v) is 5.60. The molecule has 0 bridgehead atoms. The first-order valence-corrected chi connectivity index (χ1v) is 7.47. The second-order valence-electron chi connectivity index (χ2n) is 4.31. The summed E-state index contributed by atoms with van der Waals surface area (Å²) in [6.45, 7) is 2.51. The fourth-order valence-corrected chi connectivity index (χ4v) is 2.59. The zero-order chi connectivity index (χ0) is 14.5. The maximum Gasteiger partial charge on any atom is 0.167 e. The normalized spacial score (nSPS) is 10.3. The van der Waals surface area contributed by atoms with Crippen molar-refractivity contribution in [3.63, 3.8) is 0 Å². The Hall–Kier alpha value is -1.32. The number of carbonyl (C=O) groups excluding carboxylic acids is 1. The monoisotopic (exact) mass is 352 g/mol. The van der Waals surface area contributed by atoms with Gasteiger partial charge < -0.3 is 4.74 Å². The smallest absolute Gasteiger partial charge is 0.167 e. The summed E-state index contributed by atoms with van der Waals surface area (Å²) in [5, 5.41) is 0.642. The van der Waals surface area contributed by atoms with Gasteiger partial charge in [-0.15, -0.1) is 0 Å². The third-order valence-corrected chi connectivity index (χ3v) is 3.66. The van der Waals surface area contributed by atoms with E-state index in [0.29, 0.717) is 23.6 Å². The Balaban J connectivity index is 2.15. The summed E-state index contributed by atoms with van der Waals surface area (Å²) >= 11 is 9.33. The molecule has 0 aliphatic heterocycles. The molecule has 20 heavy (non-hydrogen) atoms. The van der Waals surface area contributed by atoms with Crippen LogP contribution in [-0.4, -0.2) is 12.4 Å². The van der Waals surface area contributed by atoms with E-state index in [1.165, 1.54) is 0 Å². The van der Waals surface area contributed by atoms with Gasteiger partial charge >= 0.3 is 0 Å². The van der Waals surface area contributed by atoms with Gasteiger partial charge in [0.2, 0.25) is 0 Å². The van der Waals surface area contributed by atoms with Crippen molar-refractivity contribution in [2.24, 2.45) is 0 Å². The van der Waals surface area contributed by atoms with Crippen molar-refractivity contribution in [1.29, 1.82) is 0 Å². The quantitative estimate of drug-likeness (QED) is 0.713. The van der Waals surface area contributed by atoms with E-state index in [9.17, 15) is 4.79 Å². The average molecular weight is 354 g/mol. The molecule has 0 atom stereocenters. The summed E-state index contributed by atoms with van der Waals surface area (Å²) in [6.07, 6.45) is 0.334. The Labute approximate surface area is 131 Å². The van der Waals surface area contributed by atoms with Crippen LogP contribution in [0.4, 0.5) is 0 Å². The molecule has 0 heterocycles. The highest BCUT2D eigenvalue weighted by molar-refractivity contribution is 9.10. The van der Waals surface area contributed by atoms with Crippen LogP contribution in [0.5, 0.6) is 5.75 Å². The molecule has 2 aromatic carbocycles. The van der Waals surface area contributed by atoms with Gasteiger partial charge in [0.15, 0.2) is 5.78 Å². The molecule has 2 nitrogen and oxygen atoms in total. The van der Waals surface area contributed by atoms with E-state index in [1.807, 2.05) is 25.1 Å². The van der Waals surface area contributed by atoms with Crippen molar-refractivity contribution >= 4 is 33.3 Å². The maximum atomic E-state index is 12.2. The molecule has 0 saturated carbocycles. The molecular weight excluding hydrogens is 340 g/mol. The van der Waals surface area contributed by atoms with Gasteiger partial charge in [-0.3, -0.25) is 4.79 Å². The number of carbonyl (C=O) groups is 1. The number of benzene rings is 2. The minimum Gasteiger partial charge on any atom is -0.493 e. The highest BCUT2D eigenvalue weighted by Gasteiger charge is 2.10. The van der Waals surface area contributed by atoms with Crippen molar-refractivity contribution in [2.45, 2.75) is 13.3 Å². The van der Waals surface area contributed by atoms with Crippen LogP contribution in [0.3, 0.4) is 0 Å². The zero-order valence-corrected chi connectivity index (χ0v) is 13.4. The minimum atomic E-state index is 0.0519. The van der Waals surface area contributed by atoms with Gasteiger partial charge in [0.25, 0.3) is 0 Å². The fourth-order valence-electron chi connectivity index (χ4n) is 1.88. The van der Waals surface area contributed by atoms with Gasteiger partial charge in [0.05, 0.1) is 11.1 Å². The van der Waals surface area contributed by atoms with Crippen molar-refractivity contribution in [1.82, 2.24) is 0 Å². The number of hydrogen-bond acceptors (Lipinski definition) is 2. The Morgan fingerprint density at radius 1 is 1.25 bits per heavy atom. The molecular formula is C16H14BrClO2. The fraction of sp³-hybridized carbons (Fsp3) is 0.188. The maximum absolute atomic E-state index is 12.2. The number of hydrogen-bond donors (Lipinski definition) is 0. The summed E-state index contributed by atoms with van der Waals surface area (Å²) in [4.78, 5) is 12.2. The first-order chi connectivity index (χ1) is 9.60. The molecule has 0 aliphatic carbocycles. The Bertz CT molecular complexity index is 626. The van der Waals surface area contributed by atoms with Crippen LogP contribution in [0.25, 0.3) is 0 Å². The van der Waals surface area contributed by atoms with Crippen LogP contribution in [0, 0.1) is 0 Å². The van der Waals surface area contributed by atoms with Crippen LogP contribution in [0.1, 0.15) is 22.8 Å². The predicted molar refractivity (Wildman–Crippen MR) is 84.8 cm³/mol. The van der Waals surface area contributed by atoms with E-state index in [0.717, 1.165) is 15.8 Å². The van der Waals surface area contributed by atoms with Gasteiger partial charge in [-0.05, 0) is 58.7 Å². The lowest BCUT2D eigenvalue weighted by Crippen LogP contribution is -2.04. The van der Waals surface area contributed by atoms with Gasteiger partial charge in [-0.1, -0.05) is 23.7 Å². The van der Waals surface area contributed by atoms with E-state index in [4.69, 9.17) is 16.3 Å². The first-order valence-electron chi connectivity index (χ1n) is 6.30. The highest BCUT2D eigenvalue weighted by atomic mass is 79.9. The van der Waals surface area contributed by atoms with E-state index < -0.39 is 0 Å². The Kier molecular flexibility index (Phi) is 5.21. The zero-order valence-electron chi connectivity index (χ0n) is 11.0. The topological polar surface area (TPSA) is 26.3 Å². The van der Waals surface area contributed by atoms with Crippen LogP contribution in [0.15, 0.2) is 46.9 Å². The molecule has 104 valence electrons. The van der Waals surface area contributed by atoms with Crippen LogP contribution < -0.4 is 4.74 Å². The van der Waals surface area contributed by atoms with Crippen molar-refractivity contribution in [3.05, 3.63) is 63.1 Å². The van der Waals surface area contributed by atoms with Gasteiger partial charge in [-0.25, -0.2) is 0 Å².